The largest absolute Gasteiger partial charge is 0.287 e. The highest BCUT2D eigenvalue weighted by molar-refractivity contribution is 7.19. The zero-order chi connectivity index (χ0) is 10.1. The lowest BCUT2D eigenvalue weighted by Crippen LogP contribution is -1.93. The van der Waals surface area contributed by atoms with Crippen LogP contribution in [-0.2, 0) is 0 Å². The van der Waals surface area contributed by atoms with Crippen LogP contribution in [0.25, 0.3) is 0 Å². The van der Waals surface area contributed by atoms with Crippen molar-refractivity contribution in [2.45, 2.75) is 6.92 Å². The molecule has 4 heteroatoms. The third kappa shape index (κ3) is 1.75. The number of carbonyl (C=O) groups excluding carboxylic acids is 1. The van der Waals surface area contributed by atoms with Gasteiger partial charge in [-0.2, -0.15) is 0 Å². The third-order valence-corrected chi connectivity index (χ3v) is 4.25. The number of carbonyl (C=O) groups is 1. The van der Waals surface area contributed by atoms with Crippen LogP contribution >= 0.6 is 34.3 Å². The van der Waals surface area contributed by atoms with Crippen molar-refractivity contribution in [2.75, 3.05) is 0 Å². The standard InChI is InChI=1S/C10H7ClOS2/c1-6-5-8(14-10(6)11)9(12)7-3-2-4-13-7/h2-5H,1H3. The summed E-state index contributed by atoms with van der Waals surface area (Å²) in [5.41, 5.74) is 0.969. The van der Waals surface area contributed by atoms with Crippen LogP contribution in [0, 0.1) is 6.92 Å². The summed E-state index contributed by atoms with van der Waals surface area (Å²) in [5, 5.41) is 1.90. The lowest BCUT2D eigenvalue weighted by atomic mass is 10.2. The molecule has 1 nitrogen and oxygen atoms in total. The van der Waals surface area contributed by atoms with Crippen molar-refractivity contribution >= 4 is 40.1 Å². The summed E-state index contributed by atoms with van der Waals surface area (Å²) >= 11 is 8.70. The number of hydrogen-bond acceptors (Lipinski definition) is 3. The molecule has 2 heterocycles. The Morgan fingerprint density at radius 3 is 2.71 bits per heavy atom. The van der Waals surface area contributed by atoms with Crippen LogP contribution < -0.4 is 0 Å². The minimum atomic E-state index is 0.0694. The Hall–Kier alpha value is -0.640. The van der Waals surface area contributed by atoms with E-state index in [2.05, 4.69) is 0 Å². The van der Waals surface area contributed by atoms with E-state index in [0.717, 1.165) is 15.3 Å². The smallest absolute Gasteiger partial charge is 0.212 e. The SMILES string of the molecule is Cc1cc(C(=O)c2cccs2)sc1Cl. The zero-order valence-corrected chi connectivity index (χ0v) is 9.80. The van der Waals surface area contributed by atoms with Crippen molar-refractivity contribution < 1.29 is 4.79 Å². The molecule has 0 aliphatic heterocycles. The van der Waals surface area contributed by atoms with Crippen LogP contribution in [0.2, 0.25) is 4.34 Å². The quantitative estimate of drug-likeness (QED) is 0.728. The van der Waals surface area contributed by atoms with E-state index in [9.17, 15) is 4.79 Å². The molecular weight excluding hydrogens is 236 g/mol. The van der Waals surface area contributed by atoms with Gasteiger partial charge in [-0.05, 0) is 30.0 Å². The summed E-state index contributed by atoms with van der Waals surface area (Å²) in [7, 11) is 0. The monoisotopic (exact) mass is 242 g/mol. The number of hydrogen-bond donors (Lipinski definition) is 0. The van der Waals surface area contributed by atoms with Gasteiger partial charge in [0.05, 0.1) is 14.1 Å². The van der Waals surface area contributed by atoms with Crippen LogP contribution in [-0.4, -0.2) is 5.78 Å². The highest BCUT2D eigenvalue weighted by Crippen LogP contribution is 2.29. The fraction of sp³-hybridized carbons (Fsp3) is 0.100. The molecule has 2 rings (SSSR count). The van der Waals surface area contributed by atoms with Crippen molar-refractivity contribution in [3.05, 3.63) is 43.2 Å². The molecule has 0 amide bonds. The van der Waals surface area contributed by atoms with Gasteiger partial charge in [0, 0.05) is 0 Å². The number of thiophene rings is 2. The maximum atomic E-state index is 11.8. The molecule has 0 radical (unpaired) electrons. The highest BCUT2D eigenvalue weighted by atomic mass is 35.5. The van der Waals surface area contributed by atoms with Gasteiger partial charge in [-0.3, -0.25) is 4.79 Å². The fourth-order valence-electron chi connectivity index (χ4n) is 1.10. The second-order valence-electron chi connectivity index (χ2n) is 2.87. The van der Waals surface area contributed by atoms with E-state index in [0.29, 0.717) is 4.34 Å². The number of ketones is 1. The van der Waals surface area contributed by atoms with Crippen molar-refractivity contribution in [1.82, 2.24) is 0 Å². The summed E-state index contributed by atoms with van der Waals surface area (Å²) in [5.74, 6) is 0.0694. The topological polar surface area (TPSA) is 17.1 Å². The van der Waals surface area contributed by atoms with Gasteiger partial charge in [-0.15, -0.1) is 22.7 Å². The molecule has 72 valence electrons. The van der Waals surface area contributed by atoms with Crippen LogP contribution in [0.15, 0.2) is 23.6 Å². The van der Waals surface area contributed by atoms with E-state index in [1.165, 1.54) is 22.7 Å². The van der Waals surface area contributed by atoms with E-state index < -0.39 is 0 Å². The number of aryl methyl sites for hydroxylation is 1. The predicted octanol–water partition coefficient (Wildman–Crippen LogP) is 4.00. The van der Waals surface area contributed by atoms with Gasteiger partial charge in [0.15, 0.2) is 0 Å². The molecule has 0 unspecified atom stereocenters. The molecule has 0 atom stereocenters. The molecule has 0 aliphatic rings. The molecule has 0 aliphatic carbocycles. The Balaban J connectivity index is 2.37. The van der Waals surface area contributed by atoms with Gasteiger partial charge < -0.3 is 0 Å². The summed E-state index contributed by atoms with van der Waals surface area (Å²) in [6, 6.07) is 5.55. The van der Waals surface area contributed by atoms with Crippen molar-refractivity contribution in [3.63, 3.8) is 0 Å². The summed E-state index contributed by atoms with van der Waals surface area (Å²) in [4.78, 5) is 13.3. The molecule has 0 fully saturated rings. The molecular formula is C10H7ClOS2. The maximum absolute atomic E-state index is 11.8. The van der Waals surface area contributed by atoms with Crippen LogP contribution in [0.4, 0.5) is 0 Å². The first-order valence-electron chi connectivity index (χ1n) is 4.02. The van der Waals surface area contributed by atoms with Gasteiger partial charge in [0.25, 0.3) is 0 Å². The second kappa shape index (κ2) is 3.85. The van der Waals surface area contributed by atoms with E-state index in [1.54, 1.807) is 0 Å². The molecule has 0 spiro atoms. The number of halogens is 1. The zero-order valence-electron chi connectivity index (χ0n) is 7.41. The van der Waals surface area contributed by atoms with Gasteiger partial charge in [-0.1, -0.05) is 17.7 Å². The summed E-state index contributed by atoms with van der Waals surface area (Å²) in [6.45, 7) is 1.91. The van der Waals surface area contributed by atoms with E-state index in [4.69, 9.17) is 11.6 Å². The lowest BCUT2D eigenvalue weighted by Gasteiger charge is -1.90. The summed E-state index contributed by atoms with van der Waals surface area (Å²) < 4.78 is 0.699. The Morgan fingerprint density at radius 2 is 2.21 bits per heavy atom. The van der Waals surface area contributed by atoms with E-state index >= 15 is 0 Å². The first kappa shape index (κ1) is 9.90. The van der Waals surface area contributed by atoms with Gasteiger partial charge in [0.1, 0.15) is 0 Å². The molecule has 14 heavy (non-hydrogen) atoms. The predicted molar refractivity (Wildman–Crippen MR) is 61.8 cm³/mol. The van der Waals surface area contributed by atoms with E-state index in [-0.39, 0.29) is 5.78 Å². The van der Waals surface area contributed by atoms with Gasteiger partial charge in [0.2, 0.25) is 5.78 Å². The van der Waals surface area contributed by atoms with Crippen LogP contribution in [0.3, 0.4) is 0 Å². The van der Waals surface area contributed by atoms with Gasteiger partial charge >= 0.3 is 0 Å². The van der Waals surface area contributed by atoms with E-state index in [1.807, 2.05) is 30.5 Å². The Morgan fingerprint density at radius 1 is 1.43 bits per heavy atom. The summed E-state index contributed by atoms with van der Waals surface area (Å²) in [6.07, 6.45) is 0. The molecule has 2 aromatic rings. The maximum Gasteiger partial charge on any atom is 0.212 e. The number of rotatable bonds is 2. The molecule has 0 saturated heterocycles. The minimum Gasteiger partial charge on any atom is -0.287 e. The van der Waals surface area contributed by atoms with Crippen LogP contribution in [0.1, 0.15) is 20.1 Å². The van der Waals surface area contributed by atoms with Crippen molar-refractivity contribution in [1.29, 1.82) is 0 Å². The first-order valence-corrected chi connectivity index (χ1v) is 6.10. The van der Waals surface area contributed by atoms with Crippen molar-refractivity contribution in [3.8, 4) is 0 Å². The average molecular weight is 243 g/mol. The molecule has 0 bridgehead atoms. The molecule has 0 saturated carbocycles. The molecule has 0 N–H and O–H groups in total. The first-order chi connectivity index (χ1) is 6.68. The van der Waals surface area contributed by atoms with Crippen molar-refractivity contribution in [2.24, 2.45) is 0 Å². The van der Waals surface area contributed by atoms with Crippen LogP contribution in [0.5, 0.6) is 0 Å². The average Bonchev–Trinajstić information content (AvgIpc) is 2.76. The normalized spacial score (nSPS) is 10.4. The second-order valence-corrected chi connectivity index (χ2v) is 5.48. The molecule has 2 aromatic heterocycles. The third-order valence-electron chi connectivity index (χ3n) is 1.83. The fourth-order valence-corrected chi connectivity index (χ4v) is 3.00. The lowest BCUT2D eigenvalue weighted by molar-refractivity contribution is 0.104. The Bertz CT molecular complexity index is 437. The van der Waals surface area contributed by atoms with Gasteiger partial charge in [-0.25, -0.2) is 0 Å². The highest BCUT2D eigenvalue weighted by Gasteiger charge is 2.13. The minimum absolute atomic E-state index is 0.0694. The Labute approximate surface area is 95.0 Å². The Kier molecular flexibility index (Phi) is 2.72. The molecule has 0 aromatic carbocycles.